The highest BCUT2D eigenvalue weighted by atomic mass is 19.1. The van der Waals surface area contributed by atoms with Crippen molar-refractivity contribution in [2.75, 3.05) is 0 Å². The van der Waals surface area contributed by atoms with Crippen LogP contribution in [-0.4, -0.2) is 15.3 Å². The lowest BCUT2D eigenvalue weighted by Crippen LogP contribution is -2.13. The maximum absolute atomic E-state index is 14.1. The predicted molar refractivity (Wildman–Crippen MR) is 121 cm³/mol. The Balaban J connectivity index is 1.44. The third kappa shape index (κ3) is 3.40. The van der Waals surface area contributed by atoms with Gasteiger partial charge in [-0.2, -0.15) is 0 Å². The number of benzene rings is 3. The average molecular weight is 408 g/mol. The molecule has 4 aromatic rings. The quantitative estimate of drug-likeness (QED) is 0.356. The predicted octanol–water partition coefficient (Wildman–Crippen LogP) is 6.45. The van der Waals surface area contributed by atoms with Crippen molar-refractivity contribution >= 4 is 16.9 Å². The van der Waals surface area contributed by atoms with Crippen LogP contribution in [0.2, 0.25) is 0 Å². The second-order valence-electron chi connectivity index (χ2n) is 7.79. The van der Waals surface area contributed by atoms with Crippen LogP contribution in [0.25, 0.3) is 22.3 Å². The number of Topliss-reactive ketones (excluding diaryl/α,β-unsaturated/α-hetero) is 1. The summed E-state index contributed by atoms with van der Waals surface area (Å²) in [6, 6.07) is 23.9. The van der Waals surface area contributed by atoms with E-state index in [1.54, 1.807) is 36.7 Å². The molecule has 2 heterocycles. The summed E-state index contributed by atoms with van der Waals surface area (Å²) in [6.07, 6.45) is 3.99. The number of hydrogen-bond donors (Lipinski definition) is 0. The minimum Gasteiger partial charge on any atom is -0.323 e. The van der Waals surface area contributed by atoms with Crippen LogP contribution in [0.15, 0.2) is 91.4 Å². The van der Waals surface area contributed by atoms with Crippen LogP contribution in [0.4, 0.5) is 4.39 Å². The second kappa shape index (κ2) is 7.80. The number of rotatable bonds is 5. The molecule has 3 nitrogen and oxygen atoms in total. The van der Waals surface area contributed by atoms with Gasteiger partial charge in [-0.1, -0.05) is 72.8 Å². The van der Waals surface area contributed by atoms with Gasteiger partial charge in [-0.3, -0.25) is 4.79 Å². The van der Waals surface area contributed by atoms with Gasteiger partial charge in [0, 0.05) is 17.5 Å². The fourth-order valence-corrected chi connectivity index (χ4v) is 4.42. The fourth-order valence-electron chi connectivity index (χ4n) is 4.42. The molecule has 1 aliphatic rings. The first-order valence-corrected chi connectivity index (χ1v) is 10.3. The third-order valence-corrected chi connectivity index (χ3v) is 5.98. The lowest BCUT2D eigenvalue weighted by Gasteiger charge is -2.18. The lowest BCUT2D eigenvalue weighted by molar-refractivity contribution is 0.0972. The molecule has 152 valence electrons. The van der Waals surface area contributed by atoms with Gasteiger partial charge >= 0.3 is 0 Å². The minimum absolute atomic E-state index is 0.0489. The molecule has 0 radical (unpaired) electrons. The minimum atomic E-state index is -0.270. The van der Waals surface area contributed by atoms with Gasteiger partial charge in [-0.25, -0.2) is 9.37 Å². The summed E-state index contributed by atoms with van der Waals surface area (Å²) in [5, 5.41) is 0. The number of nitrogens with zero attached hydrogens (tertiary/aromatic N) is 2. The molecule has 0 fully saturated rings. The normalized spacial score (nSPS) is 15.2. The number of fused-ring (bicyclic) bond motifs is 1. The molecule has 0 saturated heterocycles. The number of carbonyl (C=O) groups excluding carboxylic acids is 1. The highest BCUT2D eigenvalue weighted by molar-refractivity contribution is 6.01. The van der Waals surface area contributed by atoms with Crippen LogP contribution in [0.1, 0.15) is 41.0 Å². The molecule has 0 amide bonds. The maximum atomic E-state index is 14.1. The molecule has 1 atom stereocenters. The molecule has 0 N–H and O–H groups in total. The van der Waals surface area contributed by atoms with Crippen molar-refractivity contribution in [2.45, 2.75) is 19.4 Å². The van der Waals surface area contributed by atoms with Crippen molar-refractivity contribution in [1.29, 1.82) is 0 Å². The molecule has 31 heavy (non-hydrogen) atoms. The van der Waals surface area contributed by atoms with Gasteiger partial charge in [0.25, 0.3) is 0 Å². The molecular weight excluding hydrogens is 387 g/mol. The van der Waals surface area contributed by atoms with E-state index < -0.39 is 0 Å². The first-order chi connectivity index (χ1) is 15.1. The average Bonchev–Trinajstić information content (AvgIpc) is 3.38. The standard InChI is InChI=1S/C27H21FN2O/c1-18-25-16-29-17-30(25)24(27(18)21-7-3-2-4-8-21)15-26(31)20-13-11-19(12-14-20)22-9-5-6-10-23(22)28/h2-14,16-17,24H,15H2,1H3. The molecule has 5 rings (SSSR count). The summed E-state index contributed by atoms with van der Waals surface area (Å²) in [6.45, 7) is 2.09. The van der Waals surface area contributed by atoms with Gasteiger partial charge in [0.1, 0.15) is 5.82 Å². The monoisotopic (exact) mass is 408 g/mol. The molecule has 3 aromatic carbocycles. The molecule has 0 bridgehead atoms. The van der Waals surface area contributed by atoms with Gasteiger partial charge < -0.3 is 4.57 Å². The van der Waals surface area contributed by atoms with Crippen molar-refractivity contribution in [3.63, 3.8) is 0 Å². The third-order valence-electron chi connectivity index (χ3n) is 5.98. The Morgan fingerprint density at radius 2 is 1.65 bits per heavy atom. The van der Waals surface area contributed by atoms with Gasteiger partial charge in [-0.05, 0) is 35.3 Å². The summed E-state index contributed by atoms with van der Waals surface area (Å²) < 4.78 is 16.2. The van der Waals surface area contributed by atoms with E-state index in [4.69, 9.17) is 0 Å². The van der Waals surface area contributed by atoms with Crippen LogP contribution in [-0.2, 0) is 0 Å². The Morgan fingerprint density at radius 3 is 2.39 bits per heavy atom. The number of hydrogen-bond acceptors (Lipinski definition) is 2. The largest absolute Gasteiger partial charge is 0.323 e. The number of carbonyl (C=O) groups is 1. The Bertz CT molecular complexity index is 1290. The molecule has 0 aliphatic carbocycles. The van der Waals surface area contributed by atoms with Gasteiger partial charge in [-0.15, -0.1) is 0 Å². The fraction of sp³-hybridized carbons (Fsp3) is 0.111. The zero-order valence-corrected chi connectivity index (χ0v) is 17.1. The van der Waals surface area contributed by atoms with Crippen LogP contribution >= 0.6 is 0 Å². The van der Waals surface area contributed by atoms with Gasteiger partial charge in [0.05, 0.1) is 24.3 Å². The highest BCUT2D eigenvalue weighted by Crippen LogP contribution is 2.44. The van der Waals surface area contributed by atoms with Crippen LogP contribution < -0.4 is 0 Å². The highest BCUT2D eigenvalue weighted by Gasteiger charge is 2.31. The Labute approximate surface area is 180 Å². The van der Waals surface area contributed by atoms with Crippen LogP contribution in [0, 0.1) is 5.82 Å². The van der Waals surface area contributed by atoms with Crippen molar-refractivity contribution in [3.05, 3.63) is 114 Å². The summed E-state index contributed by atoms with van der Waals surface area (Å²) in [5.74, 6) is -0.221. The zero-order chi connectivity index (χ0) is 21.4. The molecule has 0 saturated carbocycles. The number of ketones is 1. The summed E-state index contributed by atoms with van der Waals surface area (Å²) >= 11 is 0. The van der Waals surface area contributed by atoms with E-state index in [-0.39, 0.29) is 17.6 Å². The molecule has 0 spiro atoms. The second-order valence-corrected chi connectivity index (χ2v) is 7.79. The van der Waals surface area contributed by atoms with E-state index in [0.29, 0.717) is 17.5 Å². The van der Waals surface area contributed by atoms with E-state index in [1.807, 2.05) is 36.5 Å². The number of aromatic nitrogens is 2. The first kappa shape index (κ1) is 19.2. The summed E-state index contributed by atoms with van der Waals surface area (Å²) in [7, 11) is 0. The molecule has 1 aliphatic heterocycles. The van der Waals surface area contributed by atoms with E-state index in [0.717, 1.165) is 28.0 Å². The summed E-state index contributed by atoms with van der Waals surface area (Å²) in [5.41, 5.74) is 6.39. The number of halogens is 1. The maximum Gasteiger partial charge on any atom is 0.165 e. The lowest BCUT2D eigenvalue weighted by atomic mass is 9.91. The molecule has 1 aromatic heterocycles. The van der Waals surface area contributed by atoms with Crippen molar-refractivity contribution in [3.8, 4) is 11.1 Å². The Hall–Kier alpha value is -3.79. The van der Waals surface area contributed by atoms with Crippen molar-refractivity contribution in [1.82, 2.24) is 9.55 Å². The summed E-state index contributed by atoms with van der Waals surface area (Å²) in [4.78, 5) is 17.5. The smallest absolute Gasteiger partial charge is 0.165 e. The van der Waals surface area contributed by atoms with Crippen LogP contribution in [0.3, 0.4) is 0 Å². The number of imidazole rings is 1. The Morgan fingerprint density at radius 1 is 0.935 bits per heavy atom. The molecular formula is C27H21FN2O. The van der Waals surface area contributed by atoms with Crippen molar-refractivity contribution in [2.24, 2.45) is 0 Å². The van der Waals surface area contributed by atoms with E-state index in [1.165, 1.54) is 6.07 Å². The van der Waals surface area contributed by atoms with E-state index in [2.05, 4.69) is 28.6 Å². The number of allylic oxidation sites excluding steroid dienone is 2. The molecule has 1 unspecified atom stereocenters. The Kier molecular flexibility index (Phi) is 4.83. The van der Waals surface area contributed by atoms with Gasteiger partial charge in [0.2, 0.25) is 0 Å². The zero-order valence-electron chi connectivity index (χ0n) is 17.1. The van der Waals surface area contributed by atoms with Crippen LogP contribution in [0.5, 0.6) is 0 Å². The van der Waals surface area contributed by atoms with E-state index in [9.17, 15) is 9.18 Å². The SMILES string of the molecule is CC1=C(c2ccccc2)C(CC(=O)c2ccc(-c3ccccc3F)cc2)n2cncc21. The first-order valence-electron chi connectivity index (χ1n) is 10.3. The topological polar surface area (TPSA) is 34.9 Å². The van der Waals surface area contributed by atoms with E-state index >= 15 is 0 Å². The van der Waals surface area contributed by atoms with Gasteiger partial charge in [0.15, 0.2) is 5.78 Å². The van der Waals surface area contributed by atoms with Crippen molar-refractivity contribution < 1.29 is 9.18 Å². The molecule has 4 heteroatoms.